The van der Waals surface area contributed by atoms with Gasteiger partial charge in [0.25, 0.3) is 5.79 Å². The van der Waals surface area contributed by atoms with E-state index in [4.69, 9.17) is 19.9 Å². The van der Waals surface area contributed by atoms with Crippen LogP contribution in [-0.2, 0) is 23.8 Å². The van der Waals surface area contributed by atoms with Crippen molar-refractivity contribution in [3.05, 3.63) is 0 Å². The number of carbonyl (C=O) groups is 3. The smallest absolute Gasteiger partial charge is 0.404 e. The average Bonchev–Trinajstić information content (AvgIpc) is 2.21. The first kappa shape index (κ1) is 15.3. The summed E-state index contributed by atoms with van der Waals surface area (Å²) < 4.78 is 14.8. The lowest BCUT2D eigenvalue weighted by molar-refractivity contribution is -0.241. The molecule has 7 nitrogen and oxygen atoms in total. The lowest BCUT2D eigenvalue weighted by atomic mass is 9.98. The van der Waals surface area contributed by atoms with Crippen LogP contribution < -0.4 is 5.73 Å². The fourth-order valence-corrected chi connectivity index (χ4v) is 1.91. The number of nitrogens with two attached hydrogens (primary N) is 1. The third kappa shape index (κ3) is 4.42. The van der Waals surface area contributed by atoms with Gasteiger partial charge in [-0.15, -0.1) is 0 Å². The third-order valence-corrected chi connectivity index (χ3v) is 2.65. The van der Waals surface area contributed by atoms with E-state index in [1.165, 1.54) is 13.8 Å². The van der Waals surface area contributed by atoms with E-state index in [0.29, 0.717) is 6.42 Å². The van der Waals surface area contributed by atoms with Crippen LogP contribution in [0.1, 0.15) is 40.0 Å². The van der Waals surface area contributed by atoms with Crippen LogP contribution in [0.5, 0.6) is 0 Å². The summed E-state index contributed by atoms with van der Waals surface area (Å²) in [5.74, 6) is -3.68. The van der Waals surface area contributed by atoms with E-state index in [2.05, 4.69) is 0 Å². The molecule has 108 valence electrons. The van der Waals surface area contributed by atoms with Crippen molar-refractivity contribution in [3.8, 4) is 0 Å². The van der Waals surface area contributed by atoms with Gasteiger partial charge < -0.3 is 19.9 Å². The van der Waals surface area contributed by atoms with Gasteiger partial charge in [0.15, 0.2) is 5.92 Å². The zero-order valence-corrected chi connectivity index (χ0v) is 11.3. The van der Waals surface area contributed by atoms with Crippen molar-refractivity contribution in [1.82, 2.24) is 0 Å². The number of carbonyl (C=O) groups excluding carboxylic acids is 3. The standard InChI is InChI=1S/C12H19NO6/c1-4-5-7(17-11(13)16)6-8-9(14)18-12(2,3)19-10(8)15/h7-8H,4-6H2,1-3H3,(H2,13,16)/t7-/m0/s1. The van der Waals surface area contributed by atoms with E-state index in [-0.39, 0.29) is 6.42 Å². The summed E-state index contributed by atoms with van der Waals surface area (Å²) in [5.41, 5.74) is 4.95. The maximum atomic E-state index is 11.8. The van der Waals surface area contributed by atoms with Crippen molar-refractivity contribution in [3.63, 3.8) is 0 Å². The number of esters is 2. The molecule has 0 unspecified atom stereocenters. The van der Waals surface area contributed by atoms with E-state index in [1.807, 2.05) is 6.92 Å². The molecule has 2 N–H and O–H groups in total. The van der Waals surface area contributed by atoms with E-state index >= 15 is 0 Å². The monoisotopic (exact) mass is 273 g/mol. The summed E-state index contributed by atoms with van der Waals surface area (Å²) in [7, 11) is 0. The molecule has 1 atom stereocenters. The van der Waals surface area contributed by atoms with Crippen molar-refractivity contribution < 1.29 is 28.6 Å². The lowest BCUT2D eigenvalue weighted by Gasteiger charge is -2.33. The van der Waals surface area contributed by atoms with Crippen LogP contribution in [0.25, 0.3) is 0 Å². The zero-order chi connectivity index (χ0) is 14.6. The van der Waals surface area contributed by atoms with Gasteiger partial charge in [0, 0.05) is 20.3 Å². The lowest BCUT2D eigenvalue weighted by Crippen LogP contribution is -2.47. The molecule has 19 heavy (non-hydrogen) atoms. The molecule has 1 heterocycles. The molecular formula is C12H19NO6. The fraction of sp³-hybridized carbons (Fsp3) is 0.750. The number of hydrogen-bond acceptors (Lipinski definition) is 6. The van der Waals surface area contributed by atoms with Crippen molar-refractivity contribution in [2.24, 2.45) is 11.7 Å². The van der Waals surface area contributed by atoms with E-state index in [0.717, 1.165) is 6.42 Å². The minimum Gasteiger partial charge on any atom is -0.446 e. The Morgan fingerprint density at radius 1 is 1.37 bits per heavy atom. The molecule has 0 aromatic carbocycles. The van der Waals surface area contributed by atoms with Crippen LogP contribution in [0.2, 0.25) is 0 Å². The Morgan fingerprint density at radius 2 is 1.89 bits per heavy atom. The molecule has 0 saturated carbocycles. The second-order valence-corrected chi connectivity index (χ2v) is 4.88. The summed E-state index contributed by atoms with van der Waals surface area (Å²) in [5, 5.41) is 0. The topological polar surface area (TPSA) is 105 Å². The first-order chi connectivity index (χ1) is 8.75. The van der Waals surface area contributed by atoms with Gasteiger partial charge in [0.1, 0.15) is 6.10 Å². The Labute approximate surface area is 111 Å². The quantitative estimate of drug-likeness (QED) is 0.594. The molecule has 1 fully saturated rings. The molecule has 1 aliphatic heterocycles. The SMILES string of the molecule is CCC[C@@H](CC1C(=O)OC(C)(C)OC1=O)OC(N)=O. The molecule has 0 aromatic rings. The Hall–Kier alpha value is -1.79. The van der Waals surface area contributed by atoms with Gasteiger partial charge in [0.05, 0.1) is 0 Å². The Bertz CT molecular complexity index is 358. The van der Waals surface area contributed by atoms with E-state index in [9.17, 15) is 14.4 Å². The van der Waals surface area contributed by atoms with Gasteiger partial charge in [-0.3, -0.25) is 9.59 Å². The van der Waals surface area contributed by atoms with Gasteiger partial charge in [-0.2, -0.15) is 0 Å². The maximum Gasteiger partial charge on any atom is 0.404 e. The first-order valence-corrected chi connectivity index (χ1v) is 6.17. The average molecular weight is 273 g/mol. The van der Waals surface area contributed by atoms with Crippen molar-refractivity contribution in [2.45, 2.75) is 51.9 Å². The number of amides is 1. The summed E-state index contributed by atoms with van der Waals surface area (Å²) >= 11 is 0. The highest BCUT2D eigenvalue weighted by Crippen LogP contribution is 2.27. The molecule has 0 aromatic heterocycles. The summed E-state index contributed by atoms with van der Waals surface area (Å²) in [4.78, 5) is 34.3. The predicted octanol–water partition coefficient (Wildman–Crippen LogP) is 1.09. The number of rotatable bonds is 5. The highest BCUT2D eigenvalue weighted by Gasteiger charge is 2.44. The highest BCUT2D eigenvalue weighted by molar-refractivity contribution is 5.96. The molecule has 0 aliphatic carbocycles. The second-order valence-electron chi connectivity index (χ2n) is 4.88. The predicted molar refractivity (Wildman–Crippen MR) is 63.7 cm³/mol. The Morgan fingerprint density at radius 3 is 2.32 bits per heavy atom. The molecule has 0 bridgehead atoms. The molecule has 7 heteroatoms. The largest absolute Gasteiger partial charge is 0.446 e. The van der Waals surface area contributed by atoms with Gasteiger partial charge >= 0.3 is 18.0 Å². The first-order valence-electron chi connectivity index (χ1n) is 6.17. The van der Waals surface area contributed by atoms with Crippen molar-refractivity contribution >= 4 is 18.0 Å². The molecular weight excluding hydrogens is 254 g/mol. The summed E-state index contributed by atoms with van der Waals surface area (Å²) in [6, 6.07) is 0. The Kier molecular flexibility index (Phi) is 4.74. The van der Waals surface area contributed by atoms with Crippen LogP contribution in [0.3, 0.4) is 0 Å². The normalized spacial score (nSPS) is 20.4. The number of cyclic esters (lactones) is 2. The number of hydrogen-bond donors (Lipinski definition) is 1. The minimum atomic E-state index is -1.25. The minimum absolute atomic E-state index is 0.0184. The molecule has 0 radical (unpaired) electrons. The van der Waals surface area contributed by atoms with Gasteiger partial charge in [-0.1, -0.05) is 13.3 Å². The fourth-order valence-electron chi connectivity index (χ4n) is 1.91. The highest BCUT2D eigenvalue weighted by atomic mass is 16.7. The zero-order valence-electron chi connectivity index (χ0n) is 11.3. The van der Waals surface area contributed by atoms with Gasteiger partial charge in [-0.25, -0.2) is 4.79 Å². The van der Waals surface area contributed by atoms with Crippen molar-refractivity contribution in [1.29, 1.82) is 0 Å². The molecule has 1 saturated heterocycles. The molecule has 1 rings (SSSR count). The number of ether oxygens (including phenoxy) is 3. The van der Waals surface area contributed by atoms with Crippen LogP contribution in [0.4, 0.5) is 4.79 Å². The summed E-state index contributed by atoms with van der Waals surface area (Å²) in [6.45, 7) is 4.84. The molecule has 0 spiro atoms. The van der Waals surface area contributed by atoms with Crippen LogP contribution >= 0.6 is 0 Å². The molecule has 1 amide bonds. The van der Waals surface area contributed by atoms with Crippen molar-refractivity contribution in [2.75, 3.05) is 0 Å². The van der Waals surface area contributed by atoms with E-state index in [1.54, 1.807) is 0 Å². The summed E-state index contributed by atoms with van der Waals surface area (Å²) in [6.07, 6.45) is -0.293. The molecule has 1 aliphatic rings. The maximum absolute atomic E-state index is 11.8. The van der Waals surface area contributed by atoms with Crippen LogP contribution in [-0.4, -0.2) is 29.9 Å². The third-order valence-electron chi connectivity index (χ3n) is 2.65. The number of primary amides is 1. The van der Waals surface area contributed by atoms with Gasteiger partial charge in [-0.05, 0) is 6.42 Å². The van der Waals surface area contributed by atoms with Gasteiger partial charge in [0.2, 0.25) is 0 Å². The Balaban J connectivity index is 2.70. The van der Waals surface area contributed by atoms with E-state index < -0.39 is 35.8 Å². The van der Waals surface area contributed by atoms with Crippen LogP contribution in [0.15, 0.2) is 0 Å². The second kappa shape index (κ2) is 5.90. The van der Waals surface area contributed by atoms with Crippen LogP contribution in [0, 0.1) is 5.92 Å².